The highest BCUT2D eigenvalue weighted by molar-refractivity contribution is 5.37. The second kappa shape index (κ2) is 8.04. The molecule has 0 aliphatic carbocycles. The summed E-state index contributed by atoms with van der Waals surface area (Å²) in [5.41, 5.74) is 1.16. The number of hydrogen-bond acceptors (Lipinski definition) is 6. The molecule has 1 atom stereocenters. The number of aromatic nitrogens is 2. The second-order valence-corrected chi connectivity index (χ2v) is 6.77. The van der Waals surface area contributed by atoms with Gasteiger partial charge in [-0.3, -0.25) is 0 Å². The zero-order valence-electron chi connectivity index (χ0n) is 14.1. The van der Waals surface area contributed by atoms with Crippen molar-refractivity contribution in [2.75, 3.05) is 44.6 Å². The van der Waals surface area contributed by atoms with Gasteiger partial charge in [0.1, 0.15) is 11.6 Å². The van der Waals surface area contributed by atoms with Gasteiger partial charge in [-0.2, -0.15) is 0 Å². The first-order valence-corrected chi connectivity index (χ1v) is 8.91. The maximum absolute atomic E-state index is 9.55. The van der Waals surface area contributed by atoms with Crippen molar-refractivity contribution in [3.8, 4) is 0 Å². The highest BCUT2D eigenvalue weighted by Gasteiger charge is 2.18. The average molecular weight is 319 g/mol. The largest absolute Gasteiger partial charge is 0.393 e. The van der Waals surface area contributed by atoms with Crippen LogP contribution in [0.15, 0.2) is 6.07 Å². The van der Waals surface area contributed by atoms with Crippen LogP contribution in [0.1, 0.15) is 43.1 Å². The standard InChI is InChI=1S/C17H29N5O/c1-13-20-16(14-3-2-6-18-12-14)11-17(21-13)19-7-10-22-8-4-15(23)5-9-22/h11,14-15,18,23H,2-10,12H2,1H3,(H,19,20,21)/t14-/m0/s1. The topological polar surface area (TPSA) is 73.3 Å². The van der Waals surface area contributed by atoms with E-state index in [1.165, 1.54) is 12.8 Å². The number of nitrogens with zero attached hydrogens (tertiary/aromatic N) is 3. The number of piperidine rings is 2. The van der Waals surface area contributed by atoms with E-state index in [-0.39, 0.29) is 6.10 Å². The van der Waals surface area contributed by atoms with Crippen molar-refractivity contribution in [1.29, 1.82) is 0 Å². The molecule has 0 bridgehead atoms. The SMILES string of the molecule is Cc1nc(NCCN2CCC(O)CC2)cc([C@H]2CCCNC2)n1. The third kappa shape index (κ3) is 4.86. The Hall–Kier alpha value is -1.24. The highest BCUT2D eigenvalue weighted by Crippen LogP contribution is 2.23. The Morgan fingerprint density at radius 2 is 2.13 bits per heavy atom. The monoisotopic (exact) mass is 319 g/mol. The maximum atomic E-state index is 9.55. The van der Waals surface area contributed by atoms with E-state index in [1.807, 2.05) is 6.92 Å². The van der Waals surface area contributed by atoms with Crippen LogP contribution < -0.4 is 10.6 Å². The average Bonchev–Trinajstić information content (AvgIpc) is 2.57. The molecule has 1 aromatic rings. The summed E-state index contributed by atoms with van der Waals surface area (Å²) in [6.07, 6.45) is 4.11. The molecule has 3 N–H and O–H groups in total. The van der Waals surface area contributed by atoms with Gasteiger partial charge in [0.15, 0.2) is 0 Å². The molecule has 128 valence electrons. The Morgan fingerprint density at radius 1 is 1.30 bits per heavy atom. The van der Waals surface area contributed by atoms with E-state index in [1.54, 1.807) is 0 Å². The first-order chi connectivity index (χ1) is 11.2. The summed E-state index contributed by atoms with van der Waals surface area (Å²) in [5, 5.41) is 16.5. The van der Waals surface area contributed by atoms with Crippen LogP contribution in [0.25, 0.3) is 0 Å². The van der Waals surface area contributed by atoms with E-state index in [0.717, 1.165) is 69.4 Å². The van der Waals surface area contributed by atoms with Crippen molar-refractivity contribution in [2.45, 2.75) is 44.6 Å². The van der Waals surface area contributed by atoms with Crippen LogP contribution in [0.4, 0.5) is 5.82 Å². The molecule has 3 rings (SSSR count). The lowest BCUT2D eigenvalue weighted by Gasteiger charge is -2.29. The van der Waals surface area contributed by atoms with Gasteiger partial charge in [0.05, 0.1) is 11.8 Å². The van der Waals surface area contributed by atoms with E-state index in [2.05, 4.69) is 31.6 Å². The molecule has 6 nitrogen and oxygen atoms in total. The number of anilines is 1. The van der Waals surface area contributed by atoms with E-state index in [0.29, 0.717) is 5.92 Å². The van der Waals surface area contributed by atoms with E-state index in [4.69, 9.17) is 0 Å². The van der Waals surface area contributed by atoms with Crippen molar-refractivity contribution in [2.24, 2.45) is 0 Å². The van der Waals surface area contributed by atoms with Crippen molar-refractivity contribution in [3.63, 3.8) is 0 Å². The minimum atomic E-state index is -0.101. The number of aryl methyl sites for hydroxylation is 1. The summed E-state index contributed by atoms with van der Waals surface area (Å²) >= 11 is 0. The lowest BCUT2D eigenvalue weighted by molar-refractivity contribution is 0.0845. The number of hydrogen-bond donors (Lipinski definition) is 3. The molecule has 3 heterocycles. The maximum Gasteiger partial charge on any atom is 0.129 e. The molecule has 6 heteroatoms. The predicted molar refractivity (Wildman–Crippen MR) is 91.8 cm³/mol. The summed E-state index contributed by atoms with van der Waals surface area (Å²) in [4.78, 5) is 11.6. The van der Waals surface area contributed by atoms with Gasteiger partial charge in [-0.05, 0) is 39.2 Å². The third-order valence-corrected chi connectivity index (χ3v) is 4.86. The smallest absolute Gasteiger partial charge is 0.129 e. The minimum Gasteiger partial charge on any atom is -0.393 e. The van der Waals surface area contributed by atoms with Gasteiger partial charge in [0, 0.05) is 44.7 Å². The number of likely N-dealkylation sites (tertiary alicyclic amines) is 1. The molecule has 2 aliphatic rings. The molecule has 0 saturated carbocycles. The van der Waals surface area contributed by atoms with Gasteiger partial charge in [-0.25, -0.2) is 9.97 Å². The lowest BCUT2D eigenvalue weighted by atomic mass is 9.96. The third-order valence-electron chi connectivity index (χ3n) is 4.86. The minimum absolute atomic E-state index is 0.101. The molecule has 2 saturated heterocycles. The van der Waals surface area contributed by atoms with Crippen LogP contribution in [0.2, 0.25) is 0 Å². The Morgan fingerprint density at radius 3 is 2.87 bits per heavy atom. The molecule has 1 aromatic heterocycles. The fraction of sp³-hybridized carbons (Fsp3) is 0.765. The summed E-state index contributed by atoms with van der Waals surface area (Å²) in [6.45, 7) is 7.97. The fourth-order valence-corrected chi connectivity index (χ4v) is 3.48. The van der Waals surface area contributed by atoms with Crippen LogP contribution >= 0.6 is 0 Å². The first kappa shape index (κ1) is 16.6. The zero-order valence-corrected chi connectivity index (χ0v) is 14.1. The summed E-state index contributed by atoms with van der Waals surface area (Å²) in [6, 6.07) is 2.12. The molecule has 0 amide bonds. The molecule has 2 aliphatic heterocycles. The zero-order chi connectivity index (χ0) is 16.1. The van der Waals surface area contributed by atoms with Gasteiger partial charge >= 0.3 is 0 Å². The highest BCUT2D eigenvalue weighted by atomic mass is 16.3. The molecular weight excluding hydrogens is 290 g/mol. The molecule has 0 aromatic carbocycles. The van der Waals surface area contributed by atoms with E-state index in [9.17, 15) is 5.11 Å². The van der Waals surface area contributed by atoms with Crippen LogP contribution in [-0.2, 0) is 0 Å². The van der Waals surface area contributed by atoms with Crippen LogP contribution in [0.5, 0.6) is 0 Å². The van der Waals surface area contributed by atoms with Crippen molar-refractivity contribution >= 4 is 5.82 Å². The molecule has 0 unspecified atom stereocenters. The number of rotatable bonds is 5. The number of nitrogens with one attached hydrogen (secondary N) is 2. The van der Waals surface area contributed by atoms with Crippen molar-refractivity contribution in [1.82, 2.24) is 20.2 Å². The Bertz CT molecular complexity index is 496. The van der Waals surface area contributed by atoms with E-state index < -0.39 is 0 Å². The lowest BCUT2D eigenvalue weighted by Crippen LogP contribution is -2.38. The summed E-state index contributed by atoms with van der Waals surface area (Å²) in [5.74, 6) is 2.29. The summed E-state index contributed by atoms with van der Waals surface area (Å²) < 4.78 is 0. The Kier molecular flexibility index (Phi) is 5.80. The van der Waals surface area contributed by atoms with Crippen LogP contribution in [0.3, 0.4) is 0 Å². The van der Waals surface area contributed by atoms with Crippen LogP contribution in [0, 0.1) is 6.92 Å². The molecule has 2 fully saturated rings. The number of aliphatic hydroxyl groups is 1. The Labute approximate surface area is 138 Å². The molecule has 0 radical (unpaired) electrons. The number of aliphatic hydroxyl groups excluding tert-OH is 1. The molecular formula is C17H29N5O. The van der Waals surface area contributed by atoms with Crippen molar-refractivity contribution < 1.29 is 5.11 Å². The molecule has 0 spiro atoms. The van der Waals surface area contributed by atoms with Crippen molar-refractivity contribution in [3.05, 3.63) is 17.6 Å². The first-order valence-electron chi connectivity index (χ1n) is 8.91. The Balaban J connectivity index is 1.52. The normalized spacial score (nSPS) is 23.8. The molecule has 23 heavy (non-hydrogen) atoms. The van der Waals surface area contributed by atoms with E-state index >= 15 is 0 Å². The van der Waals surface area contributed by atoms with Gasteiger partial charge < -0.3 is 20.6 Å². The van der Waals surface area contributed by atoms with Gasteiger partial charge in [0.2, 0.25) is 0 Å². The van der Waals surface area contributed by atoms with Gasteiger partial charge in [-0.1, -0.05) is 0 Å². The van der Waals surface area contributed by atoms with Crippen LogP contribution in [-0.4, -0.2) is 65.3 Å². The van der Waals surface area contributed by atoms with Gasteiger partial charge in [-0.15, -0.1) is 0 Å². The van der Waals surface area contributed by atoms with Gasteiger partial charge in [0.25, 0.3) is 0 Å². The quantitative estimate of drug-likeness (QED) is 0.755. The predicted octanol–water partition coefficient (Wildman–Crippen LogP) is 1.12. The second-order valence-electron chi connectivity index (χ2n) is 6.77. The summed E-state index contributed by atoms with van der Waals surface area (Å²) in [7, 11) is 0. The fourth-order valence-electron chi connectivity index (χ4n) is 3.48.